The molecule has 0 fully saturated rings. The number of allylic oxidation sites excluding steroid dienone is 2. The van der Waals surface area contributed by atoms with Crippen LogP contribution in [-0.2, 0) is 28.6 Å². The number of rotatable bonds is 54. The van der Waals surface area contributed by atoms with E-state index in [9.17, 15) is 14.4 Å². The average Bonchev–Trinajstić information content (AvgIpc) is 3.30. The van der Waals surface area contributed by atoms with Crippen molar-refractivity contribution in [3.63, 3.8) is 0 Å². The Balaban J connectivity index is 4.29. The van der Waals surface area contributed by atoms with Crippen molar-refractivity contribution in [3.05, 3.63) is 12.2 Å². The molecule has 0 unspecified atom stereocenters. The van der Waals surface area contributed by atoms with Crippen LogP contribution in [0.2, 0.25) is 0 Å². The number of hydrogen-bond acceptors (Lipinski definition) is 6. The summed E-state index contributed by atoms with van der Waals surface area (Å²) < 4.78 is 16.9. The zero-order valence-electron chi connectivity index (χ0n) is 44.0. The van der Waals surface area contributed by atoms with Crippen LogP contribution in [0.4, 0.5) is 0 Å². The molecular weight excluding hydrogens is 805 g/mol. The van der Waals surface area contributed by atoms with E-state index in [0.29, 0.717) is 19.3 Å². The maximum absolute atomic E-state index is 12.8. The summed E-state index contributed by atoms with van der Waals surface area (Å²) in [5.74, 6) is -0.846. The largest absolute Gasteiger partial charge is 0.462 e. The molecule has 0 aliphatic rings. The van der Waals surface area contributed by atoms with Gasteiger partial charge in [0.25, 0.3) is 0 Å². The van der Waals surface area contributed by atoms with Gasteiger partial charge in [-0.15, -0.1) is 0 Å². The van der Waals surface area contributed by atoms with Crippen molar-refractivity contribution in [1.82, 2.24) is 0 Å². The molecular formula is C59H112O6. The number of carbonyl (C=O) groups excluding carboxylic acids is 3. The maximum atomic E-state index is 12.8. The van der Waals surface area contributed by atoms with Gasteiger partial charge in [0.1, 0.15) is 13.2 Å². The fraction of sp³-hybridized carbons (Fsp3) is 0.915. The highest BCUT2D eigenvalue weighted by Crippen LogP contribution is 2.17. The molecule has 0 aliphatic carbocycles. The Hall–Kier alpha value is -1.85. The summed E-state index contributed by atoms with van der Waals surface area (Å²) in [7, 11) is 0. The molecule has 0 aromatic carbocycles. The number of ether oxygens (including phenoxy) is 3. The van der Waals surface area contributed by atoms with Crippen LogP contribution in [0, 0.1) is 0 Å². The second-order valence-corrected chi connectivity index (χ2v) is 19.9. The van der Waals surface area contributed by atoms with Crippen molar-refractivity contribution >= 4 is 17.9 Å². The highest BCUT2D eigenvalue weighted by Gasteiger charge is 2.19. The van der Waals surface area contributed by atoms with Crippen molar-refractivity contribution in [2.75, 3.05) is 13.2 Å². The van der Waals surface area contributed by atoms with Gasteiger partial charge in [0.05, 0.1) is 0 Å². The molecule has 0 spiro atoms. The summed E-state index contributed by atoms with van der Waals surface area (Å²) >= 11 is 0. The van der Waals surface area contributed by atoms with Gasteiger partial charge in [-0.2, -0.15) is 0 Å². The Morgan fingerprint density at radius 2 is 0.508 bits per heavy atom. The minimum absolute atomic E-state index is 0.0654. The maximum Gasteiger partial charge on any atom is 0.306 e. The lowest BCUT2D eigenvalue weighted by Gasteiger charge is -2.18. The zero-order valence-corrected chi connectivity index (χ0v) is 44.0. The molecule has 0 saturated heterocycles. The van der Waals surface area contributed by atoms with Gasteiger partial charge in [-0.3, -0.25) is 14.4 Å². The van der Waals surface area contributed by atoms with E-state index < -0.39 is 6.10 Å². The lowest BCUT2D eigenvalue weighted by molar-refractivity contribution is -0.167. The van der Waals surface area contributed by atoms with Crippen LogP contribution in [0.1, 0.15) is 329 Å². The molecule has 0 N–H and O–H groups in total. The Labute approximate surface area is 405 Å². The van der Waals surface area contributed by atoms with E-state index in [2.05, 4.69) is 32.9 Å². The normalized spacial score (nSPS) is 12.0. The Kier molecular flexibility index (Phi) is 53.2. The van der Waals surface area contributed by atoms with E-state index in [0.717, 1.165) is 57.8 Å². The van der Waals surface area contributed by atoms with Gasteiger partial charge in [-0.25, -0.2) is 0 Å². The molecule has 384 valence electrons. The van der Waals surface area contributed by atoms with Gasteiger partial charge in [-0.05, 0) is 44.9 Å². The first-order valence-corrected chi connectivity index (χ1v) is 29.2. The zero-order chi connectivity index (χ0) is 47.2. The monoisotopic (exact) mass is 917 g/mol. The minimum Gasteiger partial charge on any atom is -0.462 e. The fourth-order valence-corrected chi connectivity index (χ4v) is 8.85. The van der Waals surface area contributed by atoms with Crippen LogP contribution in [0.25, 0.3) is 0 Å². The highest BCUT2D eigenvalue weighted by molar-refractivity contribution is 5.71. The molecule has 0 amide bonds. The molecule has 0 rings (SSSR count). The molecule has 0 bridgehead atoms. The van der Waals surface area contributed by atoms with Gasteiger partial charge in [0, 0.05) is 19.3 Å². The third kappa shape index (κ3) is 53.0. The van der Waals surface area contributed by atoms with Crippen LogP contribution in [0.15, 0.2) is 12.2 Å². The minimum atomic E-state index is -0.765. The summed E-state index contributed by atoms with van der Waals surface area (Å²) in [5, 5.41) is 0. The predicted molar refractivity (Wildman–Crippen MR) is 280 cm³/mol. The first-order valence-electron chi connectivity index (χ1n) is 29.2. The van der Waals surface area contributed by atoms with Gasteiger partial charge >= 0.3 is 17.9 Å². The lowest BCUT2D eigenvalue weighted by Crippen LogP contribution is -2.30. The smallest absolute Gasteiger partial charge is 0.306 e. The fourth-order valence-electron chi connectivity index (χ4n) is 8.85. The third-order valence-corrected chi connectivity index (χ3v) is 13.3. The molecule has 0 saturated carbocycles. The molecule has 1 atom stereocenters. The predicted octanol–water partition coefficient (Wildman–Crippen LogP) is 19.3. The Bertz CT molecular complexity index is 1010. The molecule has 65 heavy (non-hydrogen) atoms. The molecule has 0 aliphatic heterocycles. The molecule has 0 aromatic heterocycles. The number of unbranched alkanes of at least 4 members (excludes halogenated alkanes) is 41. The summed E-state index contributed by atoms with van der Waals surface area (Å²) in [5.41, 5.74) is 0. The van der Waals surface area contributed by atoms with Crippen LogP contribution in [-0.4, -0.2) is 37.2 Å². The van der Waals surface area contributed by atoms with Gasteiger partial charge < -0.3 is 14.2 Å². The standard InChI is InChI=1S/C59H112O6/c1-4-7-10-13-16-19-22-25-27-29-30-31-33-34-37-40-43-46-49-52-58(61)64-55-56(54-63-57(60)51-48-45-42-39-36-24-21-18-15-12-9-6-3)65-59(62)53-50-47-44-41-38-35-32-28-26-23-20-17-14-11-8-5-2/h29-30,56H,4-28,31-55H2,1-3H3/b30-29-/t56-/m1/s1. The first-order chi connectivity index (χ1) is 32.0. The highest BCUT2D eigenvalue weighted by atomic mass is 16.6. The SMILES string of the molecule is CCCCCCCCCC/C=C\CCCCCCCCCC(=O)OC[C@@H](COC(=O)CCCCCCCCCCCCCC)OC(=O)CCCCCCCCCCCCCCCCCC. The van der Waals surface area contributed by atoms with Crippen molar-refractivity contribution in [2.24, 2.45) is 0 Å². The first kappa shape index (κ1) is 63.1. The third-order valence-electron chi connectivity index (χ3n) is 13.3. The van der Waals surface area contributed by atoms with E-state index in [4.69, 9.17) is 14.2 Å². The van der Waals surface area contributed by atoms with Crippen molar-refractivity contribution < 1.29 is 28.6 Å². The van der Waals surface area contributed by atoms with Crippen LogP contribution >= 0.6 is 0 Å². The lowest BCUT2D eigenvalue weighted by atomic mass is 10.0. The summed E-state index contributed by atoms with van der Waals surface area (Å²) in [6.45, 7) is 6.69. The second kappa shape index (κ2) is 54.8. The van der Waals surface area contributed by atoms with Crippen molar-refractivity contribution in [2.45, 2.75) is 335 Å². The topological polar surface area (TPSA) is 78.9 Å². The van der Waals surface area contributed by atoms with E-state index in [1.807, 2.05) is 0 Å². The molecule has 0 radical (unpaired) electrons. The second-order valence-electron chi connectivity index (χ2n) is 19.9. The van der Waals surface area contributed by atoms with E-state index in [1.54, 1.807) is 0 Å². The summed E-state index contributed by atoms with van der Waals surface area (Å²) in [6, 6.07) is 0. The van der Waals surface area contributed by atoms with E-state index in [-0.39, 0.29) is 31.1 Å². The van der Waals surface area contributed by atoms with Crippen molar-refractivity contribution in [3.8, 4) is 0 Å². The van der Waals surface area contributed by atoms with Crippen molar-refractivity contribution in [1.29, 1.82) is 0 Å². The Morgan fingerprint density at radius 3 is 0.769 bits per heavy atom. The number of carbonyl (C=O) groups is 3. The number of hydrogen-bond donors (Lipinski definition) is 0. The van der Waals surface area contributed by atoms with Crippen LogP contribution in [0.3, 0.4) is 0 Å². The van der Waals surface area contributed by atoms with Gasteiger partial charge in [-0.1, -0.05) is 277 Å². The van der Waals surface area contributed by atoms with Crippen LogP contribution < -0.4 is 0 Å². The quantitative estimate of drug-likeness (QED) is 0.0262. The molecule has 6 nitrogen and oxygen atoms in total. The average molecular weight is 918 g/mol. The number of esters is 3. The molecule has 6 heteroatoms. The summed E-state index contributed by atoms with van der Waals surface area (Å²) in [4.78, 5) is 38.1. The van der Waals surface area contributed by atoms with E-state index >= 15 is 0 Å². The molecule has 0 heterocycles. The summed E-state index contributed by atoms with van der Waals surface area (Å²) in [6.07, 6.45) is 62.0. The van der Waals surface area contributed by atoms with Crippen LogP contribution in [0.5, 0.6) is 0 Å². The van der Waals surface area contributed by atoms with E-state index in [1.165, 1.54) is 231 Å². The Morgan fingerprint density at radius 1 is 0.292 bits per heavy atom. The van der Waals surface area contributed by atoms with Gasteiger partial charge in [0.15, 0.2) is 6.10 Å². The molecule has 0 aromatic rings. The van der Waals surface area contributed by atoms with Gasteiger partial charge in [0.2, 0.25) is 0 Å².